The Morgan fingerprint density at radius 3 is 2.52 bits per heavy atom. The number of likely N-dealkylation sites (N-methyl/N-ethyl adjacent to an activating group) is 1. The molecule has 142 valence electrons. The molecule has 0 unspecified atom stereocenters. The van der Waals surface area contributed by atoms with Crippen LogP contribution in [0.2, 0.25) is 5.02 Å². The van der Waals surface area contributed by atoms with Crippen molar-refractivity contribution in [3.63, 3.8) is 0 Å². The third-order valence-electron chi connectivity index (χ3n) is 3.42. The number of hydrogen-bond donors (Lipinski definition) is 2. The molecule has 0 spiro atoms. The lowest BCUT2D eigenvalue weighted by atomic mass is 10.2. The summed E-state index contributed by atoms with van der Waals surface area (Å²) in [6, 6.07) is 12.6. The highest BCUT2D eigenvalue weighted by atomic mass is 35.5. The number of rotatable bonds is 7. The van der Waals surface area contributed by atoms with Crippen LogP contribution in [0, 0.1) is 0 Å². The van der Waals surface area contributed by atoms with Crippen LogP contribution < -0.4 is 20.2 Å². The maximum Gasteiger partial charge on any atom is 0.329 e. The van der Waals surface area contributed by atoms with E-state index >= 15 is 0 Å². The Hall–Kier alpha value is -3.06. The number of nitrogens with zero attached hydrogens (tertiary/aromatic N) is 1. The van der Waals surface area contributed by atoms with Gasteiger partial charge in [0.2, 0.25) is 0 Å². The number of hydrazone groups is 1. The van der Waals surface area contributed by atoms with E-state index in [1.807, 2.05) is 12.1 Å². The largest absolute Gasteiger partial charge is 0.493 e. The van der Waals surface area contributed by atoms with E-state index in [4.69, 9.17) is 21.1 Å². The fourth-order valence-corrected chi connectivity index (χ4v) is 2.21. The van der Waals surface area contributed by atoms with E-state index in [1.54, 1.807) is 37.3 Å². The van der Waals surface area contributed by atoms with Crippen molar-refractivity contribution >= 4 is 29.6 Å². The van der Waals surface area contributed by atoms with Gasteiger partial charge in [-0.15, -0.1) is 0 Å². The van der Waals surface area contributed by atoms with Gasteiger partial charge in [-0.2, -0.15) is 5.10 Å². The number of hydrogen-bond acceptors (Lipinski definition) is 5. The van der Waals surface area contributed by atoms with E-state index in [9.17, 15) is 9.59 Å². The molecular formula is C19H20ClN3O4. The number of nitrogens with one attached hydrogen (secondary N) is 2. The summed E-state index contributed by atoms with van der Waals surface area (Å²) in [5, 5.41) is 6.80. The molecule has 0 aliphatic heterocycles. The van der Waals surface area contributed by atoms with Gasteiger partial charge in [0.05, 0.1) is 13.3 Å². The lowest BCUT2D eigenvalue weighted by molar-refractivity contribution is -0.139. The zero-order valence-corrected chi connectivity index (χ0v) is 15.7. The molecule has 2 rings (SSSR count). The number of carbonyl (C=O) groups is 2. The molecule has 2 N–H and O–H groups in total. The quantitative estimate of drug-likeness (QED) is 0.432. The first kappa shape index (κ1) is 20.3. The predicted octanol–water partition coefficient (Wildman–Crippen LogP) is 2.51. The average Bonchev–Trinajstić information content (AvgIpc) is 2.68. The first-order valence-electron chi connectivity index (χ1n) is 8.20. The second-order valence-electron chi connectivity index (χ2n) is 5.38. The molecular weight excluding hydrogens is 370 g/mol. The number of amides is 2. The number of halogens is 1. The van der Waals surface area contributed by atoms with E-state index in [0.717, 1.165) is 5.56 Å². The van der Waals surface area contributed by atoms with Gasteiger partial charge in [0.1, 0.15) is 6.61 Å². The third kappa shape index (κ3) is 6.31. The van der Waals surface area contributed by atoms with Crippen LogP contribution in [-0.2, 0) is 16.2 Å². The maximum atomic E-state index is 11.5. The summed E-state index contributed by atoms with van der Waals surface area (Å²) in [6.07, 6.45) is 1.41. The summed E-state index contributed by atoms with van der Waals surface area (Å²) >= 11 is 5.87. The van der Waals surface area contributed by atoms with Crippen LogP contribution in [-0.4, -0.2) is 31.7 Å². The van der Waals surface area contributed by atoms with Crippen molar-refractivity contribution in [1.29, 1.82) is 0 Å². The highest BCUT2D eigenvalue weighted by molar-refractivity contribution is 6.35. The second-order valence-corrected chi connectivity index (χ2v) is 5.82. The van der Waals surface area contributed by atoms with Gasteiger partial charge >= 0.3 is 11.8 Å². The van der Waals surface area contributed by atoms with Crippen molar-refractivity contribution in [3.05, 3.63) is 58.6 Å². The zero-order chi connectivity index (χ0) is 19.6. The molecule has 0 saturated carbocycles. The summed E-state index contributed by atoms with van der Waals surface area (Å²) in [5.41, 5.74) is 3.80. The maximum absolute atomic E-state index is 11.5. The minimum atomic E-state index is -0.831. The molecule has 2 amide bonds. The number of ether oxygens (including phenoxy) is 2. The lowest BCUT2D eigenvalue weighted by Gasteiger charge is -2.11. The molecule has 0 aliphatic rings. The fraction of sp³-hybridized carbons (Fsp3) is 0.211. The fourth-order valence-electron chi connectivity index (χ4n) is 2.08. The van der Waals surface area contributed by atoms with Crippen LogP contribution in [0.15, 0.2) is 47.6 Å². The minimum Gasteiger partial charge on any atom is -0.493 e. The molecule has 0 radical (unpaired) electrons. The van der Waals surface area contributed by atoms with Crippen molar-refractivity contribution < 1.29 is 19.1 Å². The molecule has 0 fully saturated rings. The topological polar surface area (TPSA) is 89.0 Å². The monoisotopic (exact) mass is 389 g/mol. The first-order chi connectivity index (χ1) is 13.0. The van der Waals surface area contributed by atoms with Gasteiger partial charge in [-0.25, -0.2) is 5.43 Å². The molecule has 8 heteroatoms. The molecule has 0 bridgehead atoms. The summed E-state index contributed by atoms with van der Waals surface area (Å²) in [5.74, 6) is -0.486. The molecule has 27 heavy (non-hydrogen) atoms. The third-order valence-corrected chi connectivity index (χ3v) is 3.67. The second kappa shape index (κ2) is 10.2. The van der Waals surface area contributed by atoms with Gasteiger partial charge in [0, 0.05) is 11.6 Å². The van der Waals surface area contributed by atoms with Crippen LogP contribution in [0.3, 0.4) is 0 Å². The van der Waals surface area contributed by atoms with Crippen LogP contribution >= 0.6 is 11.6 Å². The molecule has 2 aromatic rings. The van der Waals surface area contributed by atoms with Crippen molar-refractivity contribution in [3.8, 4) is 11.5 Å². The summed E-state index contributed by atoms with van der Waals surface area (Å²) in [7, 11) is 1.53. The van der Waals surface area contributed by atoms with E-state index < -0.39 is 11.8 Å². The van der Waals surface area contributed by atoms with Crippen molar-refractivity contribution in [2.75, 3.05) is 13.7 Å². The standard InChI is InChI=1S/C19H20ClN3O4/c1-3-21-18(24)19(25)23-22-11-14-6-9-16(17(10-14)26-2)27-12-13-4-7-15(20)8-5-13/h4-11H,3,12H2,1-2H3,(H,21,24)(H,23,25)/b22-11-. The number of carbonyl (C=O) groups excluding carboxylic acids is 2. The molecule has 0 saturated heterocycles. The molecule has 7 nitrogen and oxygen atoms in total. The molecule has 0 aromatic heterocycles. The van der Waals surface area contributed by atoms with E-state index in [1.165, 1.54) is 13.3 Å². The van der Waals surface area contributed by atoms with Gasteiger partial charge in [0.25, 0.3) is 0 Å². The van der Waals surface area contributed by atoms with Crippen molar-refractivity contribution in [1.82, 2.24) is 10.7 Å². The smallest absolute Gasteiger partial charge is 0.329 e. The Labute approximate surface area is 162 Å². The molecule has 0 aliphatic carbocycles. The summed E-state index contributed by atoms with van der Waals surface area (Å²) in [6.45, 7) is 2.45. The van der Waals surface area contributed by atoms with Crippen molar-refractivity contribution in [2.24, 2.45) is 5.10 Å². The van der Waals surface area contributed by atoms with Crippen LogP contribution in [0.5, 0.6) is 11.5 Å². The van der Waals surface area contributed by atoms with E-state index in [0.29, 0.717) is 35.2 Å². The van der Waals surface area contributed by atoms with Gasteiger partial charge in [0.15, 0.2) is 11.5 Å². The first-order valence-corrected chi connectivity index (χ1v) is 8.57. The summed E-state index contributed by atoms with van der Waals surface area (Å²) < 4.78 is 11.1. The highest BCUT2D eigenvalue weighted by Gasteiger charge is 2.10. The Kier molecular flexibility index (Phi) is 7.63. The number of methoxy groups -OCH3 is 1. The Bertz CT molecular complexity index is 822. The Balaban J connectivity index is 1.98. The summed E-state index contributed by atoms with van der Waals surface area (Å²) in [4.78, 5) is 22.7. The predicted molar refractivity (Wildman–Crippen MR) is 103 cm³/mol. The van der Waals surface area contributed by atoms with Gasteiger partial charge < -0.3 is 14.8 Å². The molecule has 2 aromatic carbocycles. The Morgan fingerprint density at radius 2 is 1.85 bits per heavy atom. The SMILES string of the molecule is CCNC(=O)C(=O)N/N=C\c1ccc(OCc2ccc(Cl)cc2)c(OC)c1. The van der Waals surface area contributed by atoms with E-state index in [2.05, 4.69) is 15.8 Å². The van der Waals surface area contributed by atoms with Gasteiger partial charge in [-0.1, -0.05) is 23.7 Å². The zero-order valence-electron chi connectivity index (χ0n) is 15.0. The van der Waals surface area contributed by atoms with E-state index in [-0.39, 0.29) is 0 Å². The van der Waals surface area contributed by atoms with Gasteiger partial charge in [-0.05, 0) is 48.4 Å². The lowest BCUT2D eigenvalue weighted by Crippen LogP contribution is -2.37. The average molecular weight is 390 g/mol. The van der Waals surface area contributed by atoms with Gasteiger partial charge in [-0.3, -0.25) is 9.59 Å². The highest BCUT2D eigenvalue weighted by Crippen LogP contribution is 2.28. The number of benzene rings is 2. The normalized spacial score (nSPS) is 10.5. The van der Waals surface area contributed by atoms with Crippen LogP contribution in [0.1, 0.15) is 18.1 Å². The molecule has 0 heterocycles. The minimum absolute atomic E-state index is 0.365. The molecule has 0 atom stereocenters. The van der Waals surface area contributed by atoms with Crippen LogP contribution in [0.25, 0.3) is 0 Å². The van der Waals surface area contributed by atoms with Crippen molar-refractivity contribution in [2.45, 2.75) is 13.5 Å². The van der Waals surface area contributed by atoms with Crippen LogP contribution in [0.4, 0.5) is 0 Å². The Morgan fingerprint density at radius 1 is 1.11 bits per heavy atom.